The Balaban J connectivity index is 5.15. The number of aliphatic carboxylic acids is 1. The zero-order chi connectivity index (χ0) is 22.6. The van der Waals surface area contributed by atoms with Crippen molar-refractivity contribution in [3.63, 3.8) is 0 Å². The minimum Gasteiger partial charge on any atom is -0.480 e. The van der Waals surface area contributed by atoms with E-state index < -0.39 is 47.9 Å². The number of amides is 3. The Morgan fingerprint density at radius 1 is 0.966 bits per heavy atom. The lowest BCUT2D eigenvalue weighted by Crippen LogP contribution is -2.58. The van der Waals surface area contributed by atoms with E-state index in [4.69, 9.17) is 10.8 Å². The lowest BCUT2D eigenvalue weighted by molar-refractivity contribution is -0.141. The molecule has 0 saturated carbocycles. The van der Waals surface area contributed by atoms with Gasteiger partial charge in [0.1, 0.15) is 18.1 Å². The van der Waals surface area contributed by atoms with E-state index >= 15 is 0 Å². The minimum absolute atomic E-state index is 0.0495. The Morgan fingerprint density at radius 3 is 1.90 bits per heavy atom. The summed E-state index contributed by atoms with van der Waals surface area (Å²) >= 11 is 9.45. The number of carboxylic acid groups (broad SMARTS) is 1. The van der Waals surface area contributed by atoms with Crippen molar-refractivity contribution in [3.8, 4) is 0 Å². The Kier molecular flexibility index (Phi) is 14.2. The molecule has 0 aliphatic carbocycles. The van der Waals surface area contributed by atoms with Crippen LogP contribution >= 0.6 is 37.0 Å². The number of carboxylic acids is 1. The van der Waals surface area contributed by atoms with Crippen LogP contribution in [0.2, 0.25) is 0 Å². The lowest BCUT2D eigenvalue weighted by Gasteiger charge is -2.25. The van der Waals surface area contributed by atoms with Gasteiger partial charge in [0.15, 0.2) is 0 Å². The predicted molar refractivity (Wildman–Crippen MR) is 122 cm³/mol. The first kappa shape index (κ1) is 27.9. The number of nitrogens with one attached hydrogen (secondary N) is 3. The maximum atomic E-state index is 12.7. The molecular weight excluding hydrogens is 436 g/mol. The summed E-state index contributed by atoms with van der Waals surface area (Å²) in [5.41, 5.74) is 5.93. The van der Waals surface area contributed by atoms with Gasteiger partial charge >= 0.3 is 5.97 Å². The Morgan fingerprint density at radius 2 is 1.45 bits per heavy atom. The molecule has 0 fully saturated rings. The van der Waals surface area contributed by atoms with Gasteiger partial charge in [-0.05, 0) is 24.3 Å². The second-order valence-electron chi connectivity index (χ2n) is 6.58. The second-order valence-corrected chi connectivity index (χ2v) is 8.30. The fourth-order valence-electron chi connectivity index (χ4n) is 2.21. The third-order valence-corrected chi connectivity index (χ3v) is 5.79. The van der Waals surface area contributed by atoms with Crippen molar-refractivity contribution in [1.29, 1.82) is 0 Å². The number of thiol groups is 2. The van der Waals surface area contributed by atoms with Crippen LogP contribution in [-0.2, 0) is 19.2 Å². The Hall–Kier alpha value is -1.11. The van der Waals surface area contributed by atoms with Crippen LogP contribution in [0.3, 0.4) is 0 Å². The first-order valence-electron chi connectivity index (χ1n) is 9.22. The smallest absolute Gasteiger partial charge is 0.327 e. The normalized spacial score (nSPS) is 16.1. The molecule has 6 N–H and O–H groups in total. The minimum atomic E-state index is -1.23. The number of hydrogen-bond acceptors (Lipinski definition) is 8. The summed E-state index contributed by atoms with van der Waals surface area (Å²) in [4.78, 5) is 48.4. The molecule has 29 heavy (non-hydrogen) atoms. The highest BCUT2D eigenvalue weighted by atomic mass is 32.2. The van der Waals surface area contributed by atoms with Crippen LogP contribution in [0.15, 0.2) is 0 Å². The summed E-state index contributed by atoms with van der Waals surface area (Å²) < 4.78 is 0. The van der Waals surface area contributed by atoms with Gasteiger partial charge in [-0.15, -0.1) is 0 Å². The molecule has 0 aromatic carbocycles. The maximum absolute atomic E-state index is 12.7. The van der Waals surface area contributed by atoms with Crippen LogP contribution in [0.4, 0.5) is 0 Å². The van der Waals surface area contributed by atoms with E-state index in [0.717, 1.165) is 0 Å². The fraction of sp³-hybridized carbons (Fsp3) is 0.765. The van der Waals surface area contributed by atoms with Gasteiger partial charge in [-0.3, -0.25) is 14.4 Å². The average molecular weight is 469 g/mol. The van der Waals surface area contributed by atoms with Gasteiger partial charge in [0.25, 0.3) is 0 Å². The molecule has 0 heterocycles. The van der Waals surface area contributed by atoms with E-state index in [1.165, 1.54) is 11.8 Å². The Bertz CT molecular complexity index is 567. The Labute approximate surface area is 186 Å². The molecular formula is C17H32N4O5S3. The average Bonchev–Trinajstić information content (AvgIpc) is 2.70. The van der Waals surface area contributed by atoms with Gasteiger partial charge in [0, 0.05) is 11.5 Å². The molecule has 0 rings (SSSR count). The molecule has 0 aliphatic heterocycles. The van der Waals surface area contributed by atoms with Crippen molar-refractivity contribution in [3.05, 3.63) is 0 Å². The van der Waals surface area contributed by atoms with E-state index in [2.05, 4.69) is 41.2 Å². The number of thioether (sulfide) groups is 1. The van der Waals surface area contributed by atoms with Crippen molar-refractivity contribution in [1.82, 2.24) is 16.0 Å². The summed E-state index contributed by atoms with van der Waals surface area (Å²) in [6.45, 7) is 3.77. The maximum Gasteiger partial charge on any atom is 0.327 e. The standard InChI is InChI=1S/C17H32N4O5S3/c1-4-9(2)13(18)16(24)19-10(5-6-29-3)14(22)20-11(7-27)15(23)21-12(8-28)17(25)26/h9-13,27-28H,4-8,18H2,1-3H3,(H,19,24)(H,20,22)(H,21,23)(H,25,26). The van der Waals surface area contributed by atoms with E-state index in [1.54, 1.807) is 0 Å². The monoisotopic (exact) mass is 468 g/mol. The molecule has 0 aliphatic rings. The van der Waals surface area contributed by atoms with Crippen LogP contribution in [0.5, 0.6) is 0 Å². The number of hydrogen-bond donors (Lipinski definition) is 7. The van der Waals surface area contributed by atoms with E-state index in [9.17, 15) is 19.2 Å². The van der Waals surface area contributed by atoms with Crippen LogP contribution in [0.1, 0.15) is 26.7 Å². The van der Waals surface area contributed by atoms with Crippen LogP contribution in [-0.4, -0.2) is 76.5 Å². The fourth-order valence-corrected chi connectivity index (χ4v) is 3.18. The van der Waals surface area contributed by atoms with Gasteiger partial charge in [-0.1, -0.05) is 20.3 Å². The molecule has 5 unspecified atom stereocenters. The lowest BCUT2D eigenvalue weighted by atomic mass is 9.99. The highest BCUT2D eigenvalue weighted by Crippen LogP contribution is 2.08. The second kappa shape index (κ2) is 14.8. The largest absolute Gasteiger partial charge is 0.480 e. The third-order valence-electron chi connectivity index (χ3n) is 4.42. The molecule has 0 saturated heterocycles. The van der Waals surface area contributed by atoms with E-state index in [0.29, 0.717) is 18.6 Å². The molecule has 0 radical (unpaired) electrons. The van der Waals surface area contributed by atoms with Gasteiger partial charge < -0.3 is 26.8 Å². The number of carbonyl (C=O) groups is 4. The molecule has 0 aromatic heterocycles. The first-order valence-corrected chi connectivity index (χ1v) is 11.9. The van der Waals surface area contributed by atoms with Crippen molar-refractivity contribution >= 4 is 60.7 Å². The first-order chi connectivity index (χ1) is 13.6. The highest BCUT2D eigenvalue weighted by molar-refractivity contribution is 7.98. The van der Waals surface area contributed by atoms with Crippen molar-refractivity contribution in [2.45, 2.75) is 50.9 Å². The summed E-state index contributed by atoms with van der Waals surface area (Å²) in [5, 5.41) is 16.5. The van der Waals surface area contributed by atoms with Gasteiger partial charge in [-0.2, -0.15) is 37.0 Å². The molecule has 3 amide bonds. The molecule has 0 spiro atoms. The molecule has 0 aromatic rings. The van der Waals surface area contributed by atoms with Gasteiger partial charge in [-0.25, -0.2) is 4.79 Å². The summed E-state index contributed by atoms with van der Waals surface area (Å²) in [7, 11) is 0. The van der Waals surface area contributed by atoms with E-state index in [1.807, 2.05) is 20.1 Å². The van der Waals surface area contributed by atoms with Gasteiger partial charge in [0.05, 0.1) is 6.04 Å². The number of carbonyl (C=O) groups excluding carboxylic acids is 3. The van der Waals surface area contributed by atoms with Crippen molar-refractivity contribution < 1.29 is 24.3 Å². The van der Waals surface area contributed by atoms with Crippen molar-refractivity contribution in [2.24, 2.45) is 11.7 Å². The van der Waals surface area contributed by atoms with Crippen molar-refractivity contribution in [2.75, 3.05) is 23.5 Å². The molecule has 5 atom stereocenters. The number of rotatable bonds is 14. The third kappa shape index (κ3) is 9.96. The molecule has 12 heteroatoms. The van der Waals surface area contributed by atoms with Crippen LogP contribution in [0.25, 0.3) is 0 Å². The van der Waals surface area contributed by atoms with Crippen LogP contribution < -0.4 is 21.7 Å². The highest BCUT2D eigenvalue weighted by Gasteiger charge is 2.30. The zero-order valence-corrected chi connectivity index (χ0v) is 19.5. The number of nitrogens with two attached hydrogens (primary N) is 1. The van der Waals surface area contributed by atoms with Gasteiger partial charge in [0.2, 0.25) is 17.7 Å². The quantitative estimate of drug-likeness (QED) is 0.170. The molecule has 0 bridgehead atoms. The van der Waals surface area contributed by atoms with Crippen LogP contribution in [0, 0.1) is 5.92 Å². The van der Waals surface area contributed by atoms with E-state index in [-0.39, 0.29) is 17.4 Å². The predicted octanol–water partition coefficient (Wildman–Crippen LogP) is -0.488. The molecule has 168 valence electrons. The SMILES string of the molecule is CCC(C)C(N)C(=O)NC(CCSC)C(=O)NC(CS)C(=O)NC(CS)C(=O)O. The summed E-state index contributed by atoms with van der Waals surface area (Å²) in [6.07, 6.45) is 2.93. The molecule has 9 nitrogen and oxygen atoms in total. The topological polar surface area (TPSA) is 151 Å². The zero-order valence-electron chi connectivity index (χ0n) is 16.9. The summed E-state index contributed by atoms with van der Waals surface area (Å²) in [5.74, 6) is -2.52. The summed E-state index contributed by atoms with van der Waals surface area (Å²) in [6, 6.07) is -3.88.